The predicted octanol–water partition coefficient (Wildman–Crippen LogP) is 4.10. The topological polar surface area (TPSA) is 21.3 Å². The molecular weight excluding hydrogens is 222 g/mol. The van der Waals surface area contributed by atoms with Crippen LogP contribution in [0.3, 0.4) is 0 Å². The zero-order valence-corrected chi connectivity index (χ0v) is 12.7. The third-order valence-corrected chi connectivity index (χ3v) is 5.04. The van der Waals surface area contributed by atoms with Crippen molar-refractivity contribution < 1.29 is 4.74 Å². The Morgan fingerprint density at radius 2 is 1.78 bits per heavy atom. The first-order valence-corrected chi connectivity index (χ1v) is 7.99. The third kappa shape index (κ3) is 2.46. The molecule has 2 aliphatic rings. The minimum atomic E-state index is -0.0285. The lowest BCUT2D eigenvalue weighted by molar-refractivity contribution is -0.201. The number of hydrogen-bond acceptors (Lipinski definition) is 2. The zero-order valence-electron chi connectivity index (χ0n) is 12.7. The maximum atomic E-state index is 6.37. The van der Waals surface area contributed by atoms with Crippen LogP contribution in [0.4, 0.5) is 0 Å². The molecule has 2 nitrogen and oxygen atoms in total. The Hall–Kier alpha value is -0.0800. The monoisotopic (exact) mass is 253 g/mol. The van der Waals surface area contributed by atoms with E-state index in [0.717, 1.165) is 19.4 Å². The van der Waals surface area contributed by atoms with Crippen molar-refractivity contribution in [1.82, 2.24) is 5.32 Å². The number of rotatable bonds is 5. The van der Waals surface area contributed by atoms with E-state index in [1.807, 2.05) is 0 Å². The Morgan fingerprint density at radius 3 is 2.17 bits per heavy atom. The molecule has 1 saturated heterocycles. The molecule has 0 bridgehead atoms. The Morgan fingerprint density at radius 1 is 1.17 bits per heavy atom. The second kappa shape index (κ2) is 5.50. The number of hydrogen-bond donors (Lipinski definition) is 1. The molecule has 1 saturated carbocycles. The molecule has 1 heterocycles. The molecule has 106 valence electrons. The van der Waals surface area contributed by atoms with E-state index in [1.165, 1.54) is 32.1 Å². The summed E-state index contributed by atoms with van der Waals surface area (Å²) in [5, 5.41) is 3.94. The van der Waals surface area contributed by atoms with E-state index in [1.54, 1.807) is 0 Å². The van der Waals surface area contributed by atoms with Crippen LogP contribution in [-0.2, 0) is 4.74 Å². The van der Waals surface area contributed by atoms with E-state index in [0.29, 0.717) is 17.4 Å². The van der Waals surface area contributed by atoms with Crippen molar-refractivity contribution in [3.8, 4) is 0 Å². The summed E-state index contributed by atoms with van der Waals surface area (Å²) >= 11 is 0. The van der Waals surface area contributed by atoms with E-state index in [4.69, 9.17) is 4.74 Å². The molecule has 18 heavy (non-hydrogen) atoms. The van der Waals surface area contributed by atoms with Gasteiger partial charge in [0.2, 0.25) is 0 Å². The average molecular weight is 253 g/mol. The van der Waals surface area contributed by atoms with E-state index >= 15 is 0 Å². The lowest BCUT2D eigenvalue weighted by Gasteiger charge is -2.58. The molecule has 1 N–H and O–H groups in total. The summed E-state index contributed by atoms with van der Waals surface area (Å²) in [4.78, 5) is 0. The smallest absolute Gasteiger partial charge is 0.119 e. The summed E-state index contributed by atoms with van der Waals surface area (Å²) < 4.78 is 6.37. The molecular formula is C16H31NO. The van der Waals surface area contributed by atoms with Gasteiger partial charge in [-0.25, -0.2) is 0 Å². The summed E-state index contributed by atoms with van der Waals surface area (Å²) in [6.45, 7) is 10.3. The number of ether oxygens (including phenoxy) is 1. The fourth-order valence-electron chi connectivity index (χ4n) is 4.03. The van der Waals surface area contributed by atoms with Gasteiger partial charge in [0.25, 0.3) is 0 Å². The molecule has 1 aliphatic heterocycles. The summed E-state index contributed by atoms with van der Waals surface area (Å²) in [6, 6.07) is 0.651. The van der Waals surface area contributed by atoms with Crippen molar-refractivity contribution in [2.75, 3.05) is 6.61 Å². The van der Waals surface area contributed by atoms with Gasteiger partial charge in [-0.1, -0.05) is 47.0 Å². The fourth-order valence-corrected chi connectivity index (χ4v) is 4.03. The van der Waals surface area contributed by atoms with Crippen LogP contribution >= 0.6 is 0 Å². The quantitative estimate of drug-likeness (QED) is 0.796. The first-order chi connectivity index (χ1) is 8.57. The van der Waals surface area contributed by atoms with Gasteiger partial charge in [-0.2, -0.15) is 0 Å². The van der Waals surface area contributed by atoms with Crippen LogP contribution in [0, 0.1) is 11.3 Å². The van der Waals surface area contributed by atoms with E-state index in [-0.39, 0.29) is 5.72 Å². The summed E-state index contributed by atoms with van der Waals surface area (Å²) in [5.74, 6) is 0.710. The van der Waals surface area contributed by atoms with Crippen molar-refractivity contribution in [3.05, 3.63) is 0 Å². The Labute approximate surface area is 113 Å². The molecule has 1 unspecified atom stereocenters. The minimum Gasteiger partial charge on any atom is -0.360 e. The molecule has 1 aliphatic carbocycles. The van der Waals surface area contributed by atoms with Crippen molar-refractivity contribution >= 4 is 0 Å². The van der Waals surface area contributed by atoms with Gasteiger partial charge in [0.05, 0.1) is 6.61 Å². The molecule has 1 atom stereocenters. The zero-order chi connectivity index (χ0) is 13.2. The largest absolute Gasteiger partial charge is 0.360 e. The van der Waals surface area contributed by atoms with Gasteiger partial charge in [0, 0.05) is 11.5 Å². The molecule has 0 amide bonds. The van der Waals surface area contributed by atoms with Gasteiger partial charge in [0.15, 0.2) is 0 Å². The van der Waals surface area contributed by atoms with Crippen LogP contribution in [0.15, 0.2) is 0 Å². The normalized spacial score (nSPS) is 29.5. The second-order valence-electron chi connectivity index (χ2n) is 6.86. The SMILES string of the molecule is CCCC1(CCC)NC(C(C)C)C2(CCC2)CO1. The van der Waals surface area contributed by atoms with Gasteiger partial charge in [-0.3, -0.25) is 5.32 Å². The fraction of sp³-hybridized carbons (Fsp3) is 1.00. The third-order valence-electron chi connectivity index (χ3n) is 5.04. The lowest BCUT2D eigenvalue weighted by Crippen LogP contribution is -2.68. The van der Waals surface area contributed by atoms with Crippen LogP contribution in [0.1, 0.15) is 72.6 Å². The van der Waals surface area contributed by atoms with Gasteiger partial charge in [0.1, 0.15) is 5.72 Å². The maximum Gasteiger partial charge on any atom is 0.119 e. The molecule has 0 aromatic carbocycles. The highest BCUT2D eigenvalue weighted by Gasteiger charge is 2.52. The van der Waals surface area contributed by atoms with Crippen molar-refractivity contribution in [1.29, 1.82) is 0 Å². The highest BCUT2D eigenvalue weighted by atomic mass is 16.5. The molecule has 2 fully saturated rings. The standard InChI is InChI=1S/C16H31NO/c1-5-8-16(9-6-2)17-14(13(3)4)15(12-18-16)10-7-11-15/h13-14,17H,5-12H2,1-4H3. The van der Waals surface area contributed by atoms with Gasteiger partial charge < -0.3 is 4.74 Å². The number of nitrogens with one attached hydrogen (secondary N) is 1. The van der Waals surface area contributed by atoms with Crippen molar-refractivity contribution in [2.24, 2.45) is 11.3 Å². The maximum absolute atomic E-state index is 6.37. The average Bonchev–Trinajstić information content (AvgIpc) is 2.27. The van der Waals surface area contributed by atoms with Gasteiger partial charge in [-0.05, 0) is 31.6 Å². The Bertz CT molecular complexity index is 264. The van der Waals surface area contributed by atoms with E-state index in [9.17, 15) is 0 Å². The Kier molecular flexibility index (Phi) is 4.38. The van der Waals surface area contributed by atoms with E-state index < -0.39 is 0 Å². The lowest BCUT2D eigenvalue weighted by atomic mass is 9.60. The predicted molar refractivity (Wildman–Crippen MR) is 76.5 cm³/mol. The minimum absolute atomic E-state index is 0.0285. The van der Waals surface area contributed by atoms with E-state index in [2.05, 4.69) is 33.0 Å². The Balaban J connectivity index is 2.12. The van der Waals surface area contributed by atoms with Crippen molar-refractivity contribution in [3.63, 3.8) is 0 Å². The van der Waals surface area contributed by atoms with Crippen LogP contribution in [-0.4, -0.2) is 18.4 Å². The molecule has 0 radical (unpaired) electrons. The molecule has 0 aromatic rings. The second-order valence-corrected chi connectivity index (χ2v) is 6.86. The van der Waals surface area contributed by atoms with Gasteiger partial charge in [-0.15, -0.1) is 0 Å². The van der Waals surface area contributed by atoms with Crippen LogP contribution < -0.4 is 5.32 Å². The molecule has 1 spiro atoms. The molecule has 2 rings (SSSR count). The first-order valence-electron chi connectivity index (χ1n) is 7.99. The van der Waals surface area contributed by atoms with Crippen molar-refractivity contribution in [2.45, 2.75) is 84.4 Å². The molecule has 2 heteroatoms. The summed E-state index contributed by atoms with van der Waals surface area (Å²) in [6.07, 6.45) is 8.81. The van der Waals surface area contributed by atoms with Crippen LogP contribution in [0.5, 0.6) is 0 Å². The van der Waals surface area contributed by atoms with Crippen LogP contribution in [0.2, 0.25) is 0 Å². The summed E-state index contributed by atoms with van der Waals surface area (Å²) in [7, 11) is 0. The highest BCUT2D eigenvalue weighted by Crippen LogP contribution is 2.50. The van der Waals surface area contributed by atoms with Gasteiger partial charge >= 0.3 is 0 Å². The highest BCUT2D eigenvalue weighted by molar-refractivity contribution is 5.04. The molecule has 0 aromatic heterocycles. The van der Waals surface area contributed by atoms with Crippen LogP contribution in [0.25, 0.3) is 0 Å². The first kappa shape index (κ1) is 14.3. The summed E-state index contributed by atoms with van der Waals surface area (Å²) in [5.41, 5.74) is 0.429.